The van der Waals surface area contributed by atoms with Gasteiger partial charge >= 0.3 is 12.2 Å². The van der Waals surface area contributed by atoms with Crippen molar-refractivity contribution >= 4 is 40.9 Å². The first-order chi connectivity index (χ1) is 26.0. The zero-order valence-corrected chi connectivity index (χ0v) is 31.9. The van der Waals surface area contributed by atoms with Crippen LogP contribution in [0.3, 0.4) is 0 Å². The van der Waals surface area contributed by atoms with E-state index in [9.17, 15) is 19.2 Å². The highest BCUT2D eigenvalue weighted by Gasteiger charge is 2.51. The Morgan fingerprint density at radius 3 is 2.19 bits per heavy atom. The number of carbonyl (C=O) groups is 4. The number of hydrogen-bond acceptors (Lipinski definition) is 9. The highest BCUT2D eigenvalue weighted by molar-refractivity contribution is 5.95. The number of alkyl carbamates (subject to hydrolysis) is 2. The monoisotopic (exact) mass is 740 g/mol. The molecule has 288 valence electrons. The number of likely N-dealkylation sites (tertiary alicyclic amines) is 2. The van der Waals surface area contributed by atoms with Crippen LogP contribution in [0.4, 0.5) is 9.59 Å². The summed E-state index contributed by atoms with van der Waals surface area (Å²) in [6.07, 6.45) is 3.37. The summed E-state index contributed by atoms with van der Waals surface area (Å²) in [5.74, 6) is 1.49. The van der Waals surface area contributed by atoms with Gasteiger partial charge in [-0.15, -0.1) is 0 Å². The molecule has 4 aliphatic rings. The smallest absolute Gasteiger partial charge is 0.407 e. The summed E-state index contributed by atoms with van der Waals surface area (Å²) >= 11 is 0. The fourth-order valence-electron chi connectivity index (χ4n) is 8.81. The van der Waals surface area contributed by atoms with Crippen molar-refractivity contribution in [2.75, 3.05) is 27.3 Å². The van der Waals surface area contributed by atoms with Crippen LogP contribution in [0.1, 0.15) is 83.3 Å². The van der Waals surface area contributed by atoms with Crippen molar-refractivity contribution in [1.82, 2.24) is 35.7 Å². The molecule has 3 fully saturated rings. The molecule has 14 nitrogen and oxygen atoms in total. The van der Waals surface area contributed by atoms with E-state index in [1.54, 1.807) is 0 Å². The van der Waals surface area contributed by atoms with Crippen molar-refractivity contribution < 1.29 is 28.7 Å². The fraction of sp³-hybridized carbons (Fsp3) is 0.550. The maximum atomic E-state index is 14.0. The van der Waals surface area contributed by atoms with Crippen LogP contribution in [0.5, 0.6) is 0 Å². The van der Waals surface area contributed by atoms with Gasteiger partial charge in [-0.25, -0.2) is 14.6 Å². The van der Waals surface area contributed by atoms with E-state index in [-0.39, 0.29) is 47.8 Å². The van der Waals surface area contributed by atoms with Crippen LogP contribution in [0.25, 0.3) is 22.2 Å². The maximum absolute atomic E-state index is 14.0. The molecular formula is C40H52N8O6. The van der Waals surface area contributed by atoms with Crippen molar-refractivity contribution in [1.29, 1.82) is 0 Å². The quantitative estimate of drug-likeness (QED) is 0.223. The molecule has 3 unspecified atom stereocenters. The average molecular weight is 741 g/mol. The van der Waals surface area contributed by atoms with Gasteiger partial charge < -0.3 is 40.2 Å². The first-order valence-corrected chi connectivity index (χ1v) is 19.2. The number of nitrogens with zero attached hydrogens (tertiary/aromatic N) is 4. The lowest BCUT2D eigenvalue weighted by Crippen LogP contribution is -2.54. The minimum atomic E-state index is -0.684. The molecule has 3 aromatic rings. The van der Waals surface area contributed by atoms with Crippen molar-refractivity contribution in [3.05, 3.63) is 53.9 Å². The van der Waals surface area contributed by atoms with Crippen molar-refractivity contribution in [3.8, 4) is 11.1 Å². The van der Waals surface area contributed by atoms with Gasteiger partial charge in [0, 0.05) is 19.1 Å². The summed E-state index contributed by atoms with van der Waals surface area (Å²) < 4.78 is 9.59. The summed E-state index contributed by atoms with van der Waals surface area (Å²) in [6, 6.07) is 13.0. The Morgan fingerprint density at radius 1 is 0.852 bits per heavy atom. The fourth-order valence-corrected chi connectivity index (χ4v) is 8.81. The number of nitrogens with one attached hydrogen (secondary N) is 4. The Hall–Kier alpha value is -5.14. The Morgan fingerprint density at radius 2 is 1.52 bits per heavy atom. The Bertz CT molecular complexity index is 1920. The van der Waals surface area contributed by atoms with E-state index in [4.69, 9.17) is 19.5 Å². The van der Waals surface area contributed by atoms with Gasteiger partial charge in [-0.2, -0.15) is 0 Å². The lowest BCUT2D eigenvalue weighted by molar-refractivity contribution is -0.139. The molecule has 7 rings (SSSR count). The van der Waals surface area contributed by atoms with Crippen LogP contribution in [0.2, 0.25) is 0 Å². The zero-order chi connectivity index (χ0) is 38.3. The van der Waals surface area contributed by atoms with Crippen molar-refractivity contribution in [2.24, 2.45) is 22.7 Å². The molecule has 7 atom stereocenters. The van der Waals surface area contributed by atoms with E-state index in [1.165, 1.54) is 14.2 Å². The maximum Gasteiger partial charge on any atom is 0.407 e. The topological polar surface area (TPSA) is 170 Å². The summed E-state index contributed by atoms with van der Waals surface area (Å²) in [4.78, 5) is 69.0. The molecule has 0 spiro atoms. The predicted octanol–water partition coefficient (Wildman–Crippen LogP) is 5.08. The Labute approximate surface area is 315 Å². The van der Waals surface area contributed by atoms with Crippen LogP contribution in [-0.4, -0.2) is 101 Å². The van der Waals surface area contributed by atoms with Gasteiger partial charge in [-0.05, 0) is 78.7 Å². The molecule has 1 saturated carbocycles. The molecule has 3 aliphatic heterocycles. The average Bonchev–Trinajstić information content (AvgIpc) is 4.02. The number of aromatic nitrogens is 2. The standard InChI is InChI=1S/C40H52N8O6/c1-21(2)32(45-39(51)53-5)37(49)47-17-7-8-31(47)35-41-20-30(44-35)24-11-9-23(10-12-24)25-14-16-28-29(19-25)43-36(42-28)34-26-13-15-27(18-26)48(34)38(50)33(22(3)4)46-40(52)54-6/h9-12,14,16,19,21-22,26-27,30-34H,7-8,13,15,17-18,20H2,1-6H3,(H,41,44)(H,42,43)(H,45,51)(H,46,52)/t26?,27?,30?,31-,32-,33-,34-/m0/s1. The second kappa shape index (κ2) is 15.3. The summed E-state index contributed by atoms with van der Waals surface area (Å²) in [7, 11) is 2.60. The number of aliphatic imine (C=N–C) groups is 1. The van der Waals surface area contributed by atoms with Gasteiger partial charge in [0.15, 0.2) is 0 Å². The normalized spacial score (nSPS) is 24.4. The highest BCUT2D eigenvalue weighted by Crippen LogP contribution is 2.50. The number of amidine groups is 1. The van der Waals surface area contributed by atoms with E-state index in [1.807, 2.05) is 43.6 Å². The van der Waals surface area contributed by atoms with E-state index in [0.29, 0.717) is 19.0 Å². The molecule has 1 aromatic heterocycles. The number of carbonyl (C=O) groups excluding carboxylic acids is 4. The third kappa shape index (κ3) is 7.09. The molecule has 4 N–H and O–H groups in total. The SMILES string of the molecule is COC(=O)N[C@H](C(=O)N1CCC[C@H]1C1=NC(c2ccc(-c3ccc4[nH]c([C@@H]5C6CCC(C6)N5C(=O)[C@@H](NC(=O)OC)C(C)C)nc4c3)cc2)CN1)C(C)C. The lowest BCUT2D eigenvalue weighted by atomic mass is 9.95. The molecule has 4 heterocycles. The van der Waals surface area contributed by atoms with Crippen LogP contribution >= 0.6 is 0 Å². The minimum absolute atomic E-state index is 0.0809. The number of aromatic amines is 1. The van der Waals surface area contributed by atoms with Crippen LogP contribution in [0.15, 0.2) is 47.5 Å². The van der Waals surface area contributed by atoms with Crippen LogP contribution in [0, 0.1) is 17.8 Å². The minimum Gasteiger partial charge on any atom is -0.453 e. The largest absolute Gasteiger partial charge is 0.453 e. The second-order valence-electron chi connectivity index (χ2n) is 15.7. The third-order valence-electron chi connectivity index (χ3n) is 11.7. The number of imidazole rings is 1. The summed E-state index contributed by atoms with van der Waals surface area (Å²) in [5.41, 5.74) is 4.91. The third-order valence-corrected chi connectivity index (χ3v) is 11.7. The predicted molar refractivity (Wildman–Crippen MR) is 203 cm³/mol. The van der Waals surface area contributed by atoms with E-state index < -0.39 is 24.3 Å². The molecular weight excluding hydrogens is 688 g/mol. The lowest BCUT2D eigenvalue weighted by Gasteiger charge is -2.37. The molecule has 1 aliphatic carbocycles. The Balaban J connectivity index is 1.06. The molecule has 2 saturated heterocycles. The van der Waals surface area contributed by atoms with Crippen LogP contribution in [-0.2, 0) is 19.1 Å². The van der Waals surface area contributed by atoms with E-state index in [0.717, 1.165) is 71.5 Å². The van der Waals surface area contributed by atoms with Gasteiger partial charge in [0.2, 0.25) is 11.8 Å². The van der Waals surface area contributed by atoms with Gasteiger partial charge in [0.05, 0.1) is 43.4 Å². The molecule has 2 aromatic carbocycles. The first-order valence-electron chi connectivity index (χ1n) is 19.2. The van der Waals surface area contributed by atoms with Crippen molar-refractivity contribution in [2.45, 2.75) is 96.1 Å². The van der Waals surface area contributed by atoms with E-state index in [2.05, 4.69) is 57.3 Å². The molecule has 14 heteroatoms. The van der Waals surface area contributed by atoms with Gasteiger partial charge in [-0.3, -0.25) is 14.6 Å². The van der Waals surface area contributed by atoms with Crippen molar-refractivity contribution in [3.63, 3.8) is 0 Å². The molecule has 4 amide bonds. The second-order valence-corrected chi connectivity index (χ2v) is 15.7. The Kier molecular flexibility index (Phi) is 10.5. The highest BCUT2D eigenvalue weighted by atomic mass is 16.5. The molecule has 54 heavy (non-hydrogen) atoms. The zero-order valence-electron chi connectivity index (χ0n) is 31.9. The van der Waals surface area contributed by atoms with Gasteiger partial charge in [0.25, 0.3) is 0 Å². The number of benzene rings is 2. The van der Waals surface area contributed by atoms with Crippen LogP contribution < -0.4 is 16.0 Å². The van der Waals surface area contributed by atoms with Gasteiger partial charge in [-0.1, -0.05) is 58.0 Å². The summed E-state index contributed by atoms with van der Waals surface area (Å²) in [6.45, 7) is 8.93. The number of amides is 4. The number of hydrogen-bond donors (Lipinski definition) is 4. The van der Waals surface area contributed by atoms with Gasteiger partial charge in [0.1, 0.15) is 23.7 Å². The van der Waals surface area contributed by atoms with E-state index >= 15 is 0 Å². The number of fused-ring (bicyclic) bond motifs is 3. The first kappa shape index (κ1) is 37.2. The number of H-pyrrole nitrogens is 1. The number of rotatable bonds is 10. The molecule has 2 bridgehead atoms. The number of methoxy groups -OCH3 is 2. The molecule has 0 radical (unpaired) electrons. The number of piperidine rings is 1. The number of ether oxygens (including phenoxy) is 2. The summed E-state index contributed by atoms with van der Waals surface area (Å²) in [5, 5.41) is 8.94.